The molecule has 0 aromatic carbocycles. The number of alkyl carbamates (subject to hydrolysis) is 1. The highest BCUT2D eigenvalue weighted by atomic mass is 16.6. The molecule has 1 fully saturated rings. The largest absolute Gasteiger partial charge is 0.444 e. The van der Waals surface area contributed by atoms with Crippen molar-refractivity contribution in [2.45, 2.75) is 77.1 Å². The summed E-state index contributed by atoms with van der Waals surface area (Å²) in [7, 11) is 0. The fraction of sp³-hybridized carbons (Fsp3) is 0.667. The molecule has 0 spiro atoms. The van der Waals surface area contributed by atoms with Crippen molar-refractivity contribution < 1.29 is 9.53 Å². The van der Waals surface area contributed by atoms with Gasteiger partial charge < -0.3 is 15.4 Å². The van der Waals surface area contributed by atoms with Gasteiger partial charge in [0.25, 0.3) is 0 Å². The van der Waals surface area contributed by atoms with Crippen molar-refractivity contribution in [3.8, 4) is 0 Å². The van der Waals surface area contributed by atoms with Crippen molar-refractivity contribution >= 4 is 6.09 Å². The molecule has 1 aromatic heterocycles. The zero-order valence-corrected chi connectivity index (χ0v) is 14.5. The van der Waals surface area contributed by atoms with Crippen molar-refractivity contribution in [1.82, 2.24) is 15.6 Å². The molecule has 1 aromatic rings. The Morgan fingerprint density at radius 3 is 2.48 bits per heavy atom. The Balaban J connectivity index is 1.92. The number of nitrogens with one attached hydrogen (secondary N) is 2. The molecule has 1 aliphatic rings. The molecule has 0 bridgehead atoms. The van der Waals surface area contributed by atoms with Crippen LogP contribution in [0.5, 0.6) is 0 Å². The number of nitrogens with zero attached hydrogens (tertiary/aromatic N) is 1. The Morgan fingerprint density at radius 1 is 1.17 bits per heavy atom. The van der Waals surface area contributed by atoms with E-state index < -0.39 is 5.60 Å². The maximum Gasteiger partial charge on any atom is 0.407 e. The Hall–Kier alpha value is -1.62. The van der Waals surface area contributed by atoms with E-state index in [-0.39, 0.29) is 18.2 Å². The van der Waals surface area contributed by atoms with Gasteiger partial charge in [0.1, 0.15) is 5.60 Å². The van der Waals surface area contributed by atoms with E-state index in [0.717, 1.165) is 25.8 Å². The summed E-state index contributed by atoms with van der Waals surface area (Å²) in [6, 6.07) is 4.42. The zero-order chi connectivity index (χ0) is 16.7. The van der Waals surface area contributed by atoms with Gasteiger partial charge in [0.15, 0.2) is 0 Å². The fourth-order valence-electron chi connectivity index (χ4n) is 2.93. The quantitative estimate of drug-likeness (QED) is 0.835. The number of aromatic nitrogens is 1. The van der Waals surface area contributed by atoms with Crippen LogP contribution in [0.2, 0.25) is 0 Å². The second-order valence-corrected chi connectivity index (χ2v) is 7.23. The van der Waals surface area contributed by atoms with Gasteiger partial charge in [-0.25, -0.2) is 4.79 Å². The fourth-order valence-corrected chi connectivity index (χ4v) is 2.93. The highest BCUT2D eigenvalue weighted by molar-refractivity contribution is 5.68. The summed E-state index contributed by atoms with van der Waals surface area (Å²) < 4.78 is 5.41. The topological polar surface area (TPSA) is 63.2 Å². The molecular formula is C18H29N3O2. The average molecular weight is 319 g/mol. The van der Waals surface area contributed by atoms with E-state index >= 15 is 0 Å². The van der Waals surface area contributed by atoms with E-state index in [1.165, 1.54) is 18.4 Å². The van der Waals surface area contributed by atoms with Crippen LogP contribution in [-0.4, -0.2) is 28.8 Å². The van der Waals surface area contributed by atoms with E-state index in [9.17, 15) is 4.79 Å². The molecular weight excluding hydrogens is 290 g/mol. The third-order valence-corrected chi connectivity index (χ3v) is 4.04. The van der Waals surface area contributed by atoms with Gasteiger partial charge in [-0.1, -0.05) is 19.3 Å². The standard InChI is InChI=1S/C18H29N3O2/c1-18(2,3)23-17(22)21-16-8-6-4-5-7-15(16)20-13-14-9-11-19-12-10-14/h9-12,15-16,20H,4-8,13H2,1-3H3,(H,21,22). The molecule has 128 valence electrons. The number of carbonyl (C=O) groups excluding carboxylic acids is 1. The first-order chi connectivity index (χ1) is 10.9. The van der Waals surface area contributed by atoms with Crippen LogP contribution in [0.1, 0.15) is 58.4 Å². The van der Waals surface area contributed by atoms with Crippen LogP contribution in [0, 0.1) is 0 Å². The minimum absolute atomic E-state index is 0.120. The number of ether oxygens (including phenoxy) is 1. The predicted molar refractivity (Wildman–Crippen MR) is 91.1 cm³/mol. The predicted octanol–water partition coefficient (Wildman–Crippen LogP) is 3.40. The number of carbonyl (C=O) groups is 1. The Labute approximate surface area is 139 Å². The first-order valence-electron chi connectivity index (χ1n) is 8.56. The average Bonchev–Trinajstić information content (AvgIpc) is 2.69. The summed E-state index contributed by atoms with van der Waals surface area (Å²) in [4.78, 5) is 16.1. The summed E-state index contributed by atoms with van der Waals surface area (Å²) in [5.74, 6) is 0. The van der Waals surface area contributed by atoms with Crippen LogP contribution >= 0.6 is 0 Å². The van der Waals surface area contributed by atoms with Gasteiger partial charge in [-0.05, 0) is 51.3 Å². The number of hydrogen-bond acceptors (Lipinski definition) is 4. The Morgan fingerprint density at radius 2 is 1.83 bits per heavy atom. The summed E-state index contributed by atoms with van der Waals surface area (Å²) in [6.45, 7) is 6.45. The minimum Gasteiger partial charge on any atom is -0.444 e. The second-order valence-electron chi connectivity index (χ2n) is 7.23. The van der Waals surface area contributed by atoms with Crippen molar-refractivity contribution in [3.63, 3.8) is 0 Å². The van der Waals surface area contributed by atoms with Crippen LogP contribution in [0.4, 0.5) is 4.79 Å². The molecule has 0 aliphatic heterocycles. The lowest BCUT2D eigenvalue weighted by atomic mass is 10.0. The van der Waals surface area contributed by atoms with Crippen LogP contribution in [0.15, 0.2) is 24.5 Å². The normalized spacial score (nSPS) is 22.2. The smallest absolute Gasteiger partial charge is 0.407 e. The lowest BCUT2D eigenvalue weighted by Gasteiger charge is -2.29. The van der Waals surface area contributed by atoms with Crippen LogP contribution in [0.25, 0.3) is 0 Å². The number of rotatable bonds is 4. The van der Waals surface area contributed by atoms with E-state index in [1.807, 2.05) is 32.9 Å². The van der Waals surface area contributed by atoms with Gasteiger partial charge in [-0.3, -0.25) is 4.98 Å². The van der Waals surface area contributed by atoms with Crippen LogP contribution in [0.3, 0.4) is 0 Å². The number of pyridine rings is 1. The summed E-state index contributed by atoms with van der Waals surface area (Å²) in [5, 5.41) is 6.66. The number of hydrogen-bond donors (Lipinski definition) is 2. The Kier molecular flexibility index (Phi) is 6.39. The van der Waals surface area contributed by atoms with Gasteiger partial charge in [0, 0.05) is 31.0 Å². The monoisotopic (exact) mass is 319 g/mol. The highest BCUT2D eigenvalue weighted by Gasteiger charge is 2.26. The molecule has 0 radical (unpaired) electrons. The molecule has 5 nitrogen and oxygen atoms in total. The molecule has 2 rings (SSSR count). The van der Waals surface area contributed by atoms with E-state index in [0.29, 0.717) is 0 Å². The molecule has 1 aliphatic carbocycles. The van der Waals surface area contributed by atoms with E-state index in [4.69, 9.17) is 4.74 Å². The van der Waals surface area contributed by atoms with Crippen molar-refractivity contribution in [1.29, 1.82) is 0 Å². The first kappa shape index (κ1) is 17.7. The van der Waals surface area contributed by atoms with Gasteiger partial charge in [-0.2, -0.15) is 0 Å². The minimum atomic E-state index is -0.464. The summed E-state index contributed by atoms with van der Waals surface area (Å²) in [6.07, 6.45) is 8.92. The molecule has 1 saturated carbocycles. The summed E-state index contributed by atoms with van der Waals surface area (Å²) >= 11 is 0. The van der Waals surface area contributed by atoms with E-state index in [2.05, 4.69) is 15.6 Å². The molecule has 1 heterocycles. The van der Waals surface area contributed by atoms with E-state index in [1.54, 1.807) is 12.4 Å². The number of amides is 1. The summed E-state index contributed by atoms with van der Waals surface area (Å²) in [5.41, 5.74) is 0.745. The molecule has 23 heavy (non-hydrogen) atoms. The van der Waals surface area contributed by atoms with Crippen molar-refractivity contribution in [2.24, 2.45) is 0 Å². The molecule has 2 N–H and O–H groups in total. The first-order valence-corrected chi connectivity index (χ1v) is 8.56. The van der Waals surface area contributed by atoms with Crippen molar-refractivity contribution in [3.05, 3.63) is 30.1 Å². The molecule has 2 unspecified atom stereocenters. The third kappa shape index (κ3) is 6.57. The lowest BCUT2D eigenvalue weighted by Crippen LogP contribution is -2.50. The van der Waals surface area contributed by atoms with Gasteiger partial charge in [-0.15, -0.1) is 0 Å². The van der Waals surface area contributed by atoms with Crippen molar-refractivity contribution in [2.75, 3.05) is 0 Å². The molecule has 5 heteroatoms. The van der Waals surface area contributed by atoms with Crippen LogP contribution < -0.4 is 10.6 Å². The third-order valence-electron chi connectivity index (χ3n) is 4.04. The van der Waals surface area contributed by atoms with Crippen LogP contribution in [-0.2, 0) is 11.3 Å². The lowest BCUT2D eigenvalue weighted by molar-refractivity contribution is 0.0489. The highest BCUT2D eigenvalue weighted by Crippen LogP contribution is 2.19. The van der Waals surface area contributed by atoms with Gasteiger partial charge in [0.05, 0.1) is 0 Å². The molecule has 2 atom stereocenters. The van der Waals surface area contributed by atoms with Gasteiger partial charge >= 0.3 is 6.09 Å². The molecule has 0 saturated heterocycles. The maximum absolute atomic E-state index is 12.1. The molecule has 1 amide bonds. The maximum atomic E-state index is 12.1. The zero-order valence-electron chi connectivity index (χ0n) is 14.5. The van der Waals surface area contributed by atoms with Gasteiger partial charge in [0.2, 0.25) is 0 Å². The Bertz CT molecular complexity index is 485. The second kappa shape index (κ2) is 8.29. The SMILES string of the molecule is CC(C)(C)OC(=O)NC1CCCCCC1NCc1ccncc1.